The molecule has 1 saturated carbocycles. The standard InChI is InChI=1S/C16H22FNO/c1-2-8-18-14-10-16(11-4-3-5-11)19-15-7-6-12(17)9-13(14)15/h6-7,9,11,14,16,18H,2-5,8,10H2,1H3. The van der Waals surface area contributed by atoms with Gasteiger partial charge in [-0.25, -0.2) is 4.39 Å². The smallest absolute Gasteiger partial charge is 0.124 e. The number of benzene rings is 1. The van der Waals surface area contributed by atoms with E-state index in [1.165, 1.54) is 25.3 Å². The maximum Gasteiger partial charge on any atom is 0.124 e. The van der Waals surface area contributed by atoms with E-state index in [2.05, 4.69) is 12.2 Å². The van der Waals surface area contributed by atoms with Crippen LogP contribution in [0.1, 0.15) is 50.6 Å². The van der Waals surface area contributed by atoms with Crippen LogP contribution in [0.2, 0.25) is 0 Å². The van der Waals surface area contributed by atoms with Crippen molar-refractivity contribution in [2.45, 2.75) is 51.2 Å². The van der Waals surface area contributed by atoms with Gasteiger partial charge < -0.3 is 10.1 Å². The summed E-state index contributed by atoms with van der Waals surface area (Å²) < 4.78 is 19.5. The van der Waals surface area contributed by atoms with Crippen LogP contribution in [0.15, 0.2) is 18.2 Å². The minimum Gasteiger partial charge on any atom is -0.490 e. The molecule has 1 aliphatic heterocycles. The molecule has 0 amide bonds. The maximum atomic E-state index is 13.4. The minimum atomic E-state index is -0.173. The van der Waals surface area contributed by atoms with E-state index in [0.29, 0.717) is 12.0 Å². The van der Waals surface area contributed by atoms with E-state index >= 15 is 0 Å². The topological polar surface area (TPSA) is 21.3 Å². The second kappa shape index (κ2) is 5.49. The van der Waals surface area contributed by atoms with E-state index in [-0.39, 0.29) is 11.9 Å². The van der Waals surface area contributed by atoms with Gasteiger partial charge in [0.25, 0.3) is 0 Å². The fourth-order valence-electron chi connectivity index (χ4n) is 3.08. The van der Waals surface area contributed by atoms with Crippen LogP contribution < -0.4 is 10.1 Å². The molecule has 3 heteroatoms. The second-order valence-corrected chi connectivity index (χ2v) is 5.77. The van der Waals surface area contributed by atoms with Gasteiger partial charge in [-0.15, -0.1) is 0 Å². The SMILES string of the molecule is CCCNC1CC(C2CCC2)Oc2ccc(F)cc21. The number of rotatable bonds is 4. The van der Waals surface area contributed by atoms with E-state index < -0.39 is 0 Å². The Hall–Kier alpha value is -1.09. The van der Waals surface area contributed by atoms with E-state index in [4.69, 9.17) is 4.74 Å². The van der Waals surface area contributed by atoms with Crippen molar-refractivity contribution in [2.75, 3.05) is 6.54 Å². The van der Waals surface area contributed by atoms with E-state index in [1.54, 1.807) is 12.1 Å². The van der Waals surface area contributed by atoms with Gasteiger partial charge in [-0.05, 0) is 49.9 Å². The van der Waals surface area contributed by atoms with Crippen molar-refractivity contribution in [3.63, 3.8) is 0 Å². The third kappa shape index (κ3) is 2.62. The van der Waals surface area contributed by atoms with Crippen molar-refractivity contribution < 1.29 is 9.13 Å². The molecule has 0 radical (unpaired) electrons. The lowest BCUT2D eigenvalue weighted by atomic mass is 9.77. The molecule has 2 unspecified atom stereocenters. The van der Waals surface area contributed by atoms with Gasteiger partial charge in [0.2, 0.25) is 0 Å². The summed E-state index contributed by atoms with van der Waals surface area (Å²) in [7, 11) is 0. The van der Waals surface area contributed by atoms with Crippen molar-refractivity contribution in [3.8, 4) is 5.75 Å². The molecule has 2 aliphatic rings. The quantitative estimate of drug-likeness (QED) is 0.891. The zero-order valence-corrected chi connectivity index (χ0v) is 11.5. The molecule has 1 aliphatic carbocycles. The van der Waals surface area contributed by atoms with Gasteiger partial charge in [-0.3, -0.25) is 0 Å². The highest BCUT2D eigenvalue weighted by Gasteiger charge is 2.35. The monoisotopic (exact) mass is 263 g/mol. The highest BCUT2D eigenvalue weighted by Crippen LogP contribution is 2.42. The van der Waals surface area contributed by atoms with Crippen LogP contribution in [0.5, 0.6) is 5.75 Å². The zero-order valence-electron chi connectivity index (χ0n) is 11.5. The summed E-state index contributed by atoms with van der Waals surface area (Å²) in [5.41, 5.74) is 0.990. The summed E-state index contributed by atoms with van der Waals surface area (Å²) in [4.78, 5) is 0. The Bertz CT molecular complexity index is 444. The molecule has 1 aromatic rings. The first-order valence-corrected chi connectivity index (χ1v) is 7.47. The zero-order chi connectivity index (χ0) is 13.2. The second-order valence-electron chi connectivity index (χ2n) is 5.77. The Morgan fingerprint density at radius 2 is 2.21 bits per heavy atom. The molecular formula is C16H22FNO. The molecular weight excluding hydrogens is 241 g/mol. The number of fused-ring (bicyclic) bond motifs is 1. The Morgan fingerprint density at radius 1 is 1.37 bits per heavy atom. The molecule has 0 spiro atoms. The van der Waals surface area contributed by atoms with Crippen molar-refractivity contribution in [1.29, 1.82) is 0 Å². The van der Waals surface area contributed by atoms with E-state index in [0.717, 1.165) is 30.7 Å². The largest absolute Gasteiger partial charge is 0.490 e. The van der Waals surface area contributed by atoms with Gasteiger partial charge in [0.05, 0.1) is 0 Å². The summed E-state index contributed by atoms with van der Waals surface area (Å²) in [5, 5.41) is 3.54. The molecule has 0 aromatic heterocycles. The van der Waals surface area contributed by atoms with E-state index in [9.17, 15) is 4.39 Å². The highest BCUT2D eigenvalue weighted by atomic mass is 19.1. The van der Waals surface area contributed by atoms with Crippen molar-refractivity contribution in [3.05, 3.63) is 29.6 Å². The van der Waals surface area contributed by atoms with Gasteiger partial charge in [0.15, 0.2) is 0 Å². The van der Waals surface area contributed by atoms with Crippen LogP contribution in [0.25, 0.3) is 0 Å². The third-order valence-electron chi connectivity index (χ3n) is 4.41. The lowest BCUT2D eigenvalue weighted by molar-refractivity contribution is 0.0529. The first-order valence-electron chi connectivity index (χ1n) is 7.47. The Balaban J connectivity index is 1.82. The minimum absolute atomic E-state index is 0.173. The van der Waals surface area contributed by atoms with Crippen LogP contribution in [-0.4, -0.2) is 12.6 Å². The molecule has 19 heavy (non-hydrogen) atoms. The molecule has 104 valence electrons. The molecule has 2 nitrogen and oxygen atoms in total. The molecule has 1 aromatic carbocycles. The summed E-state index contributed by atoms with van der Waals surface area (Å²) in [6.07, 6.45) is 6.26. The highest BCUT2D eigenvalue weighted by molar-refractivity contribution is 5.38. The molecule has 2 atom stereocenters. The van der Waals surface area contributed by atoms with Crippen LogP contribution in [0.3, 0.4) is 0 Å². The molecule has 0 saturated heterocycles. The number of halogens is 1. The van der Waals surface area contributed by atoms with Crippen LogP contribution in [-0.2, 0) is 0 Å². The summed E-state index contributed by atoms with van der Waals surface area (Å²) in [5.74, 6) is 1.40. The van der Waals surface area contributed by atoms with Gasteiger partial charge in [0.1, 0.15) is 17.7 Å². The van der Waals surface area contributed by atoms with Crippen molar-refractivity contribution >= 4 is 0 Å². The Morgan fingerprint density at radius 3 is 2.89 bits per heavy atom. The fraction of sp³-hybridized carbons (Fsp3) is 0.625. The van der Waals surface area contributed by atoms with Gasteiger partial charge in [-0.2, -0.15) is 0 Å². The van der Waals surface area contributed by atoms with Crippen molar-refractivity contribution in [1.82, 2.24) is 5.32 Å². The third-order valence-corrected chi connectivity index (χ3v) is 4.41. The molecule has 1 fully saturated rings. The van der Waals surface area contributed by atoms with Gasteiger partial charge in [-0.1, -0.05) is 13.3 Å². The fourth-order valence-corrected chi connectivity index (χ4v) is 3.08. The predicted octanol–water partition coefficient (Wildman–Crippen LogP) is 3.82. The first-order chi connectivity index (χ1) is 9.28. The van der Waals surface area contributed by atoms with Crippen LogP contribution in [0, 0.1) is 11.7 Å². The summed E-state index contributed by atoms with van der Waals surface area (Å²) in [6.45, 7) is 3.13. The van der Waals surface area contributed by atoms with E-state index in [1.807, 2.05) is 0 Å². The number of ether oxygens (including phenoxy) is 1. The summed E-state index contributed by atoms with van der Waals surface area (Å²) >= 11 is 0. The van der Waals surface area contributed by atoms with Gasteiger partial charge in [0, 0.05) is 18.0 Å². The average Bonchev–Trinajstić information content (AvgIpc) is 2.34. The summed E-state index contributed by atoms with van der Waals surface area (Å²) in [6, 6.07) is 5.15. The lowest BCUT2D eigenvalue weighted by Gasteiger charge is -2.40. The molecule has 3 rings (SSSR count). The number of hydrogen-bond acceptors (Lipinski definition) is 2. The predicted molar refractivity (Wildman–Crippen MR) is 73.8 cm³/mol. The number of nitrogens with one attached hydrogen (secondary N) is 1. The Kier molecular flexibility index (Phi) is 3.74. The average molecular weight is 263 g/mol. The maximum absolute atomic E-state index is 13.4. The number of hydrogen-bond donors (Lipinski definition) is 1. The molecule has 1 heterocycles. The molecule has 1 N–H and O–H groups in total. The lowest BCUT2D eigenvalue weighted by Crippen LogP contribution is -2.40. The van der Waals surface area contributed by atoms with Gasteiger partial charge >= 0.3 is 0 Å². The first kappa shape index (κ1) is 12.9. The van der Waals surface area contributed by atoms with Crippen LogP contribution >= 0.6 is 0 Å². The normalized spacial score (nSPS) is 26.4. The Labute approximate surface area is 114 Å². The van der Waals surface area contributed by atoms with Crippen LogP contribution in [0.4, 0.5) is 4.39 Å². The molecule has 0 bridgehead atoms. The van der Waals surface area contributed by atoms with Crippen molar-refractivity contribution in [2.24, 2.45) is 5.92 Å².